The fraction of sp³-hybridized carbons (Fsp3) is 0.355. The first-order valence-electron chi connectivity index (χ1n) is 13.4. The number of halogens is 2. The number of aryl methyl sites for hydroxylation is 1. The molecule has 40 heavy (non-hydrogen) atoms. The highest BCUT2D eigenvalue weighted by atomic mass is 127. The number of nitrogens with one attached hydrogen (secondary N) is 2. The Morgan fingerprint density at radius 1 is 0.950 bits per heavy atom. The van der Waals surface area contributed by atoms with Crippen molar-refractivity contribution < 1.29 is 47.9 Å². The zero-order valence-electron chi connectivity index (χ0n) is 23.0. The van der Waals surface area contributed by atoms with Gasteiger partial charge in [-0.1, -0.05) is 60.1 Å². The van der Waals surface area contributed by atoms with E-state index in [4.69, 9.17) is 16.3 Å². The third-order valence-corrected chi connectivity index (χ3v) is 7.46. The lowest BCUT2D eigenvalue weighted by molar-refractivity contribution is -0.896. The molecular formula is C31H37ClIN3O4. The smallest absolute Gasteiger partial charge is 0.411 e. The van der Waals surface area contributed by atoms with Crippen LogP contribution < -0.4 is 34.6 Å². The molecule has 0 aliphatic carbocycles. The van der Waals surface area contributed by atoms with Gasteiger partial charge >= 0.3 is 6.09 Å². The Labute approximate surface area is 258 Å². The molecule has 1 heterocycles. The van der Waals surface area contributed by atoms with Gasteiger partial charge in [-0.25, -0.2) is 4.79 Å². The van der Waals surface area contributed by atoms with Gasteiger partial charge in [-0.3, -0.25) is 10.1 Å². The van der Waals surface area contributed by atoms with Crippen LogP contribution in [-0.4, -0.2) is 54.9 Å². The van der Waals surface area contributed by atoms with E-state index >= 15 is 0 Å². The van der Waals surface area contributed by atoms with Crippen molar-refractivity contribution in [2.45, 2.75) is 44.8 Å². The molecule has 3 N–H and O–H groups in total. The number of rotatable bonds is 9. The van der Waals surface area contributed by atoms with Crippen molar-refractivity contribution >= 4 is 35.0 Å². The highest BCUT2D eigenvalue weighted by Gasteiger charge is 2.28. The molecule has 1 fully saturated rings. The topological polar surface area (TPSA) is 87.7 Å². The highest BCUT2D eigenvalue weighted by Crippen LogP contribution is 2.30. The van der Waals surface area contributed by atoms with Gasteiger partial charge in [-0.15, -0.1) is 0 Å². The monoisotopic (exact) mass is 677 g/mol. The van der Waals surface area contributed by atoms with Crippen molar-refractivity contribution in [3.63, 3.8) is 0 Å². The summed E-state index contributed by atoms with van der Waals surface area (Å²) in [6.45, 7) is 1.86. The average Bonchev–Trinajstić information content (AvgIpc) is 2.91. The summed E-state index contributed by atoms with van der Waals surface area (Å²) < 4.78 is 6.72. The maximum Gasteiger partial charge on any atom is 0.411 e. The Morgan fingerprint density at radius 2 is 1.65 bits per heavy atom. The van der Waals surface area contributed by atoms with E-state index in [0.29, 0.717) is 41.2 Å². The van der Waals surface area contributed by atoms with Crippen molar-refractivity contribution in [2.75, 3.05) is 37.8 Å². The molecule has 0 radical (unpaired) electrons. The van der Waals surface area contributed by atoms with Gasteiger partial charge in [-0.05, 0) is 47.7 Å². The van der Waals surface area contributed by atoms with Crippen LogP contribution in [0.5, 0.6) is 0 Å². The molecule has 1 saturated heterocycles. The van der Waals surface area contributed by atoms with Crippen LogP contribution >= 0.6 is 11.6 Å². The second-order valence-electron chi connectivity index (χ2n) is 10.7. The van der Waals surface area contributed by atoms with Gasteiger partial charge in [0.1, 0.15) is 6.10 Å². The number of hydrogen-bond acceptors (Lipinski definition) is 4. The number of nitrogens with zero attached hydrogens (tertiary/aromatic N) is 1. The van der Waals surface area contributed by atoms with E-state index in [2.05, 4.69) is 24.7 Å². The van der Waals surface area contributed by atoms with Crippen LogP contribution in [0.1, 0.15) is 36.8 Å². The number of quaternary nitrogens is 1. The summed E-state index contributed by atoms with van der Waals surface area (Å²) in [5, 5.41) is 15.4. The van der Waals surface area contributed by atoms with Gasteiger partial charge in [0.25, 0.3) is 0 Å². The third kappa shape index (κ3) is 9.19. The first-order chi connectivity index (χ1) is 18.7. The Morgan fingerprint density at radius 3 is 2.33 bits per heavy atom. The summed E-state index contributed by atoms with van der Waals surface area (Å²) >= 11 is 6.21. The molecule has 0 spiro atoms. The first kappa shape index (κ1) is 31.9. The number of benzene rings is 3. The lowest BCUT2D eigenvalue weighted by Gasteiger charge is -2.36. The molecule has 0 saturated carbocycles. The summed E-state index contributed by atoms with van der Waals surface area (Å²) in [6, 6.07) is 21.0. The lowest BCUT2D eigenvalue weighted by atomic mass is 9.99. The zero-order chi connectivity index (χ0) is 27.8. The largest absolute Gasteiger partial charge is 1.00 e. The molecule has 0 atom stereocenters. The normalized spacial score (nSPS) is 14.6. The van der Waals surface area contributed by atoms with Gasteiger partial charge in [0, 0.05) is 24.8 Å². The second kappa shape index (κ2) is 14.8. The quantitative estimate of drug-likeness (QED) is 0.240. The predicted molar refractivity (Wildman–Crippen MR) is 156 cm³/mol. The number of carbonyl (C=O) groups excluding carboxylic acids is 2. The van der Waals surface area contributed by atoms with Crippen molar-refractivity contribution in [2.24, 2.45) is 0 Å². The van der Waals surface area contributed by atoms with Crippen molar-refractivity contribution in [3.05, 3.63) is 82.9 Å². The van der Waals surface area contributed by atoms with Crippen molar-refractivity contribution in [1.82, 2.24) is 0 Å². The number of anilines is 2. The van der Waals surface area contributed by atoms with E-state index in [1.165, 1.54) is 0 Å². The predicted octanol–water partition coefficient (Wildman–Crippen LogP) is 3.25. The van der Waals surface area contributed by atoms with Gasteiger partial charge in [0.05, 0.1) is 50.2 Å². The molecule has 0 bridgehead atoms. The Kier molecular flexibility index (Phi) is 11.8. The molecule has 1 aliphatic heterocycles. The molecule has 3 aromatic carbocycles. The number of aliphatic hydroxyl groups excluding tert-OH is 1. The molecule has 0 unspecified atom stereocenters. The Hall–Kier alpha value is -2.66. The van der Waals surface area contributed by atoms with Gasteiger partial charge in [-0.2, -0.15) is 0 Å². The van der Waals surface area contributed by atoms with Crippen LogP contribution in [0.2, 0.25) is 5.02 Å². The average molecular weight is 678 g/mol. The van der Waals surface area contributed by atoms with E-state index in [0.717, 1.165) is 47.1 Å². The molecule has 9 heteroatoms. The van der Waals surface area contributed by atoms with Crippen LogP contribution in [0.25, 0.3) is 11.1 Å². The highest BCUT2D eigenvalue weighted by molar-refractivity contribution is 6.33. The van der Waals surface area contributed by atoms with Crippen LogP contribution in [-0.2, 0) is 22.6 Å². The minimum absolute atomic E-state index is 0. The summed E-state index contributed by atoms with van der Waals surface area (Å²) in [6.07, 6.45) is 2.80. The summed E-state index contributed by atoms with van der Waals surface area (Å²) in [4.78, 5) is 25.4. The van der Waals surface area contributed by atoms with E-state index in [-0.39, 0.29) is 42.6 Å². The number of carbonyl (C=O) groups is 2. The fourth-order valence-corrected chi connectivity index (χ4v) is 5.05. The molecule has 1 aliphatic rings. The van der Waals surface area contributed by atoms with Gasteiger partial charge in [0.15, 0.2) is 0 Å². The first-order valence-corrected chi connectivity index (χ1v) is 13.8. The van der Waals surface area contributed by atoms with E-state index in [9.17, 15) is 14.7 Å². The molecule has 0 aromatic heterocycles. The summed E-state index contributed by atoms with van der Waals surface area (Å²) in [5.41, 5.74) is 4.83. The Balaban J connectivity index is 0.00000441. The maximum atomic E-state index is 12.9. The standard InChI is InChI=1S/C31H36ClN3O4.HI/c1-35(2)17-15-25(16-18-35)39-31(38)34-29-20-22(11-13-26(29)24-8-4-3-5-9-24)7-6-10-30(37)33-28-14-12-23(21-36)19-27(28)32;/h3-5,8-9,11-14,19-20,25,36H,6-7,10,15-18,21H2,1-2H3,(H-,33,34,37,38);1H. The van der Waals surface area contributed by atoms with E-state index in [1.807, 2.05) is 48.5 Å². The molecule has 7 nitrogen and oxygen atoms in total. The molecule has 2 amide bonds. The minimum Gasteiger partial charge on any atom is -1.00 e. The van der Waals surface area contributed by atoms with Gasteiger partial charge < -0.3 is 43.6 Å². The third-order valence-electron chi connectivity index (χ3n) is 7.15. The van der Waals surface area contributed by atoms with Crippen LogP contribution in [0.3, 0.4) is 0 Å². The second-order valence-corrected chi connectivity index (χ2v) is 11.1. The fourth-order valence-electron chi connectivity index (χ4n) is 4.80. The minimum atomic E-state index is -0.440. The van der Waals surface area contributed by atoms with E-state index < -0.39 is 6.09 Å². The molecule has 3 aromatic rings. The summed E-state index contributed by atoms with van der Waals surface area (Å²) in [5.74, 6) is -0.134. The number of hydrogen-bond donors (Lipinski definition) is 3. The number of amides is 2. The van der Waals surface area contributed by atoms with Gasteiger partial charge in [0.2, 0.25) is 5.91 Å². The van der Waals surface area contributed by atoms with Crippen LogP contribution in [0, 0.1) is 0 Å². The lowest BCUT2D eigenvalue weighted by Crippen LogP contribution is -3.00. The molecular weight excluding hydrogens is 641 g/mol. The number of piperidine rings is 1. The number of likely N-dealkylation sites (tertiary alicyclic amines) is 1. The van der Waals surface area contributed by atoms with Crippen LogP contribution in [0.15, 0.2) is 66.7 Å². The molecule has 214 valence electrons. The zero-order valence-corrected chi connectivity index (χ0v) is 25.9. The van der Waals surface area contributed by atoms with Crippen molar-refractivity contribution in [1.29, 1.82) is 0 Å². The van der Waals surface area contributed by atoms with Crippen molar-refractivity contribution in [3.8, 4) is 11.1 Å². The Bertz CT molecular complexity index is 1290. The SMILES string of the molecule is C[N+]1(C)CCC(OC(=O)Nc2cc(CCCC(=O)Nc3ccc(CO)cc3Cl)ccc2-c2ccccc2)CC1.[I-]. The van der Waals surface area contributed by atoms with Crippen LogP contribution in [0.4, 0.5) is 16.2 Å². The molecule has 4 rings (SSSR count). The maximum absolute atomic E-state index is 12.9. The number of ether oxygens (including phenoxy) is 1. The summed E-state index contributed by atoms with van der Waals surface area (Å²) in [7, 11) is 4.39. The number of aliphatic hydroxyl groups is 1. The van der Waals surface area contributed by atoms with E-state index in [1.54, 1.807) is 18.2 Å².